The number of rotatable bonds is 6. The van der Waals surface area contributed by atoms with Crippen molar-refractivity contribution in [1.82, 2.24) is 0 Å². The summed E-state index contributed by atoms with van der Waals surface area (Å²) in [6, 6.07) is 12.9. The Hall–Kier alpha value is -2.62. The second-order valence-corrected chi connectivity index (χ2v) is 6.61. The molecule has 3 rings (SSSR count). The van der Waals surface area contributed by atoms with E-state index in [1.165, 1.54) is 12.1 Å². The van der Waals surface area contributed by atoms with Gasteiger partial charge in [0.15, 0.2) is 0 Å². The molecule has 0 radical (unpaired) electrons. The molecule has 0 heterocycles. The summed E-state index contributed by atoms with van der Waals surface area (Å²) < 4.78 is 53.8. The Morgan fingerprint density at radius 1 is 0.926 bits per heavy atom. The molecule has 27 heavy (non-hydrogen) atoms. The number of benzene rings is 3. The zero-order valence-corrected chi connectivity index (χ0v) is 15.0. The second-order valence-electron chi connectivity index (χ2n) is 6.61. The predicted molar refractivity (Wildman–Crippen MR) is 103 cm³/mol. The van der Waals surface area contributed by atoms with Crippen LogP contribution < -0.4 is 0 Å². The minimum absolute atomic E-state index is 0.169. The molecule has 0 saturated carbocycles. The van der Waals surface area contributed by atoms with Crippen molar-refractivity contribution in [3.8, 4) is 11.1 Å². The van der Waals surface area contributed by atoms with Crippen LogP contribution in [0, 0.1) is 11.6 Å². The molecule has 0 unspecified atom stereocenters. The van der Waals surface area contributed by atoms with Gasteiger partial charge in [0.1, 0.15) is 11.6 Å². The van der Waals surface area contributed by atoms with Crippen LogP contribution in [0.1, 0.15) is 37.3 Å². The Morgan fingerprint density at radius 3 is 2.44 bits per heavy atom. The Balaban J connectivity index is 1.94. The lowest BCUT2D eigenvalue weighted by Crippen LogP contribution is -1.91. The summed E-state index contributed by atoms with van der Waals surface area (Å²) in [5, 5.41) is 0.762. The molecule has 0 saturated heterocycles. The van der Waals surface area contributed by atoms with Crippen LogP contribution in [0.25, 0.3) is 28.0 Å². The first-order valence-electron chi connectivity index (χ1n) is 9.03. The molecule has 140 valence electrons. The molecule has 4 heteroatoms. The lowest BCUT2D eigenvalue weighted by molar-refractivity contribution is 0.429. The van der Waals surface area contributed by atoms with Crippen molar-refractivity contribution in [2.75, 3.05) is 0 Å². The summed E-state index contributed by atoms with van der Waals surface area (Å²) >= 11 is 0. The smallest absolute Gasteiger partial charge is 0.206 e. The Kier molecular flexibility index (Phi) is 5.94. The Labute approximate surface area is 156 Å². The van der Waals surface area contributed by atoms with Gasteiger partial charge in [0.05, 0.1) is 0 Å². The van der Waals surface area contributed by atoms with Gasteiger partial charge in [0.25, 0.3) is 6.08 Å². The van der Waals surface area contributed by atoms with Crippen LogP contribution in [0.5, 0.6) is 0 Å². The van der Waals surface area contributed by atoms with Gasteiger partial charge in [-0.1, -0.05) is 56.2 Å². The van der Waals surface area contributed by atoms with E-state index in [-0.39, 0.29) is 16.8 Å². The zero-order valence-electron chi connectivity index (χ0n) is 15.0. The standard InChI is InChI=1S/C23H20F4/c1-2-3-4-5-15-6-10-19(21(24)12-15)16-9-11-20-17(13-16)7-8-18(23(20)27)14-22(25)26/h6-14H,2-5H2,1H3. The Morgan fingerprint density at radius 2 is 1.74 bits per heavy atom. The molecule has 0 nitrogen and oxygen atoms in total. The van der Waals surface area contributed by atoms with Crippen LogP contribution in [-0.2, 0) is 6.42 Å². The maximum absolute atomic E-state index is 14.6. The van der Waals surface area contributed by atoms with Crippen LogP contribution >= 0.6 is 0 Å². The topological polar surface area (TPSA) is 0 Å². The van der Waals surface area contributed by atoms with E-state index in [1.54, 1.807) is 30.3 Å². The third-order valence-corrected chi connectivity index (χ3v) is 4.66. The van der Waals surface area contributed by atoms with E-state index >= 15 is 0 Å². The minimum Gasteiger partial charge on any atom is -0.206 e. The molecule has 0 aromatic heterocycles. The molecule has 0 fully saturated rings. The number of aryl methyl sites for hydroxylation is 1. The molecule has 0 aliphatic heterocycles. The summed E-state index contributed by atoms with van der Waals surface area (Å²) in [6.07, 6.45) is 2.65. The van der Waals surface area contributed by atoms with Crippen molar-refractivity contribution < 1.29 is 17.6 Å². The van der Waals surface area contributed by atoms with Gasteiger partial charge in [-0.25, -0.2) is 8.78 Å². The molecular formula is C23H20F4. The predicted octanol–water partition coefficient (Wildman–Crippen LogP) is 7.76. The third kappa shape index (κ3) is 4.38. The van der Waals surface area contributed by atoms with Crippen molar-refractivity contribution in [3.63, 3.8) is 0 Å². The molecule has 0 N–H and O–H groups in total. The summed E-state index contributed by atoms with van der Waals surface area (Å²) in [7, 11) is 0. The van der Waals surface area contributed by atoms with Crippen LogP contribution in [0.3, 0.4) is 0 Å². The lowest BCUT2D eigenvalue weighted by Gasteiger charge is -2.09. The molecule has 0 aliphatic carbocycles. The van der Waals surface area contributed by atoms with Gasteiger partial charge in [0, 0.05) is 22.6 Å². The zero-order chi connectivity index (χ0) is 19.4. The first-order valence-corrected chi connectivity index (χ1v) is 9.03. The van der Waals surface area contributed by atoms with Crippen LogP contribution in [0.4, 0.5) is 17.6 Å². The van der Waals surface area contributed by atoms with Crippen molar-refractivity contribution in [1.29, 1.82) is 0 Å². The Bertz CT molecular complexity index is 985. The van der Waals surface area contributed by atoms with Crippen LogP contribution in [0.15, 0.2) is 54.6 Å². The van der Waals surface area contributed by atoms with E-state index in [2.05, 4.69) is 6.92 Å². The van der Waals surface area contributed by atoms with Crippen molar-refractivity contribution in [2.24, 2.45) is 0 Å². The molecule has 0 atom stereocenters. The van der Waals surface area contributed by atoms with Gasteiger partial charge in [0.2, 0.25) is 0 Å². The largest absolute Gasteiger partial charge is 0.271 e. The highest BCUT2D eigenvalue weighted by Crippen LogP contribution is 2.30. The second kappa shape index (κ2) is 8.38. The van der Waals surface area contributed by atoms with E-state index in [0.717, 1.165) is 31.2 Å². The first-order chi connectivity index (χ1) is 13.0. The van der Waals surface area contributed by atoms with E-state index in [9.17, 15) is 17.6 Å². The molecule has 0 aliphatic rings. The molecule has 3 aromatic carbocycles. The minimum atomic E-state index is -1.95. The number of unbranched alkanes of at least 4 members (excludes halogenated alkanes) is 2. The summed E-state index contributed by atoms with van der Waals surface area (Å²) in [6.45, 7) is 2.12. The maximum atomic E-state index is 14.6. The molecule has 0 bridgehead atoms. The highest BCUT2D eigenvalue weighted by Gasteiger charge is 2.11. The molecule has 3 aromatic rings. The van der Waals surface area contributed by atoms with Gasteiger partial charge in [-0.2, -0.15) is 8.78 Å². The molecule has 0 spiro atoms. The summed E-state index contributed by atoms with van der Waals surface area (Å²) in [4.78, 5) is 0. The number of hydrogen-bond donors (Lipinski definition) is 0. The van der Waals surface area contributed by atoms with Gasteiger partial charge in [-0.3, -0.25) is 0 Å². The molecule has 0 amide bonds. The highest BCUT2D eigenvalue weighted by atomic mass is 19.3. The van der Waals surface area contributed by atoms with Gasteiger partial charge < -0.3 is 0 Å². The third-order valence-electron chi connectivity index (χ3n) is 4.66. The maximum Gasteiger partial charge on any atom is 0.271 e. The molecular weight excluding hydrogens is 352 g/mol. The summed E-state index contributed by atoms with van der Waals surface area (Å²) in [5.41, 5.74) is 1.86. The van der Waals surface area contributed by atoms with Gasteiger partial charge in [-0.15, -0.1) is 0 Å². The average Bonchev–Trinajstić information content (AvgIpc) is 2.64. The van der Waals surface area contributed by atoms with E-state index < -0.39 is 11.9 Å². The van der Waals surface area contributed by atoms with Crippen LogP contribution in [-0.4, -0.2) is 0 Å². The monoisotopic (exact) mass is 372 g/mol. The van der Waals surface area contributed by atoms with Gasteiger partial charge >= 0.3 is 0 Å². The van der Waals surface area contributed by atoms with E-state index in [1.807, 2.05) is 6.07 Å². The normalized spacial score (nSPS) is 11.0. The SMILES string of the molecule is CCCCCc1ccc(-c2ccc3c(F)c(C=C(F)F)ccc3c2)c(F)c1. The number of halogens is 4. The van der Waals surface area contributed by atoms with E-state index in [4.69, 9.17) is 0 Å². The van der Waals surface area contributed by atoms with Crippen molar-refractivity contribution >= 4 is 16.8 Å². The van der Waals surface area contributed by atoms with E-state index in [0.29, 0.717) is 22.6 Å². The lowest BCUT2D eigenvalue weighted by atomic mass is 9.97. The van der Waals surface area contributed by atoms with Crippen molar-refractivity contribution in [3.05, 3.63) is 77.4 Å². The summed E-state index contributed by atoms with van der Waals surface area (Å²) in [5.74, 6) is -1.03. The first kappa shape index (κ1) is 19.2. The van der Waals surface area contributed by atoms with Crippen molar-refractivity contribution in [2.45, 2.75) is 32.6 Å². The average molecular weight is 372 g/mol. The van der Waals surface area contributed by atoms with Gasteiger partial charge in [-0.05, 0) is 41.5 Å². The number of hydrogen-bond acceptors (Lipinski definition) is 0. The fourth-order valence-corrected chi connectivity index (χ4v) is 3.23. The fraction of sp³-hybridized carbons (Fsp3) is 0.217. The quantitative estimate of drug-likeness (QED) is 0.306. The highest BCUT2D eigenvalue weighted by molar-refractivity contribution is 5.89. The fourth-order valence-electron chi connectivity index (χ4n) is 3.23. The number of fused-ring (bicyclic) bond motifs is 1. The van der Waals surface area contributed by atoms with Crippen LogP contribution in [0.2, 0.25) is 0 Å².